The van der Waals surface area contributed by atoms with Crippen LogP contribution >= 0.6 is 0 Å². The van der Waals surface area contributed by atoms with E-state index in [2.05, 4.69) is 5.32 Å². The largest absolute Gasteiger partial charge is 0.480 e. The third kappa shape index (κ3) is 4.36. The van der Waals surface area contributed by atoms with E-state index >= 15 is 0 Å². The van der Waals surface area contributed by atoms with Gasteiger partial charge in [0.1, 0.15) is 6.04 Å². The van der Waals surface area contributed by atoms with Crippen LogP contribution in [0.15, 0.2) is 0 Å². The molecule has 2 atom stereocenters. The number of nitrogens with zero attached hydrogens (tertiary/aromatic N) is 2. The lowest BCUT2D eigenvalue weighted by Crippen LogP contribution is -2.52. The smallest absolute Gasteiger partial charge is 0.326 e. The van der Waals surface area contributed by atoms with E-state index in [1.807, 2.05) is 0 Å². The van der Waals surface area contributed by atoms with Crippen molar-refractivity contribution in [3.8, 4) is 0 Å². The molecule has 0 aromatic carbocycles. The first-order valence-electron chi connectivity index (χ1n) is 8.45. The van der Waals surface area contributed by atoms with Crippen molar-refractivity contribution in [2.24, 2.45) is 5.92 Å². The number of nitrogens with one attached hydrogen (secondary N) is 1. The molecule has 2 aliphatic rings. The molecule has 1 saturated carbocycles. The van der Waals surface area contributed by atoms with Crippen molar-refractivity contribution in [1.82, 2.24) is 15.1 Å². The van der Waals surface area contributed by atoms with Crippen LogP contribution in [0, 0.1) is 5.92 Å². The van der Waals surface area contributed by atoms with Crippen LogP contribution in [0.1, 0.15) is 45.4 Å². The summed E-state index contributed by atoms with van der Waals surface area (Å²) in [6.45, 7) is 2.52. The Hall–Kier alpha value is -1.79. The molecular weight excluding hydrogens is 298 g/mol. The molecule has 1 heterocycles. The monoisotopic (exact) mass is 325 g/mol. The third-order valence-electron chi connectivity index (χ3n) is 5.03. The number of urea groups is 1. The van der Waals surface area contributed by atoms with Gasteiger partial charge in [-0.2, -0.15) is 0 Å². The minimum absolute atomic E-state index is 0.0941. The average Bonchev–Trinajstić information content (AvgIpc) is 3.05. The molecule has 7 heteroatoms. The van der Waals surface area contributed by atoms with Crippen LogP contribution in [0.25, 0.3) is 0 Å². The Morgan fingerprint density at radius 1 is 1.17 bits per heavy atom. The van der Waals surface area contributed by atoms with Crippen LogP contribution < -0.4 is 5.32 Å². The maximum Gasteiger partial charge on any atom is 0.326 e. The third-order valence-corrected chi connectivity index (χ3v) is 5.03. The number of likely N-dealkylation sites (tertiary alicyclic amines) is 1. The summed E-state index contributed by atoms with van der Waals surface area (Å²) in [7, 11) is 1.51. The molecule has 0 spiro atoms. The second kappa shape index (κ2) is 7.66. The highest BCUT2D eigenvalue weighted by Gasteiger charge is 2.33. The summed E-state index contributed by atoms with van der Waals surface area (Å²) < 4.78 is 0. The molecular formula is C16H27N3O4. The second-order valence-corrected chi connectivity index (χ2v) is 6.68. The molecule has 0 bridgehead atoms. The van der Waals surface area contributed by atoms with Crippen LogP contribution in [0.3, 0.4) is 0 Å². The number of rotatable bonds is 4. The molecule has 130 valence electrons. The lowest BCUT2D eigenvalue weighted by Gasteiger charge is -2.35. The zero-order valence-electron chi connectivity index (χ0n) is 14.0. The molecule has 2 fully saturated rings. The number of hydrogen-bond acceptors (Lipinski definition) is 3. The molecule has 2 rings (SSSR count). The van der Waals surface area contributed by atoms with Crippen LogP contribution in [-0.4, -0.2) is 65.0 Å². The van der Waals surface area contributed by atoms with Crippen molar-refractivity contribution in [2.75, 3.05) is 20.1 Å². The SMILES string of the molecule is CC(C(=O)O)N(C)C(=O)C1CCCN(C(=O)NC2CCCC2)C1. The Kier molecular flexibility index (Phi) is 5.85. The van der Waals surface area contributed by atoms with Gasteiger partial charge in [0.05, 0.1) is 5.92 Å². The highest BCUT2D eigenvalue weighted by atomic mass is 16.4. The summed E-state index contributed by atoms with van der Waals surface area (Å²) in [5.41, 5.74) is 0. The first kappa shape index (κ1) is 17.6. The van der Waals surface area contributed by atoms with E-state index in [0.717, 1.165) is 32.1 Å². The van der Waals surface area contributed by atoms with E-state index in [1.54, 1.807) is 4.90 Å². The molecule has 1 aliphatic carbocycles. The Labute approximate surface area is 137 Å². The van der Waals surface area contributed by atoms with Gasteiger partial charge in [0, 0.05) is 26.2 Å². The number of carbonyl (C=O) groups excluding carboxylic acids is 2. The number of carboxylic acids is 1. The molecule has 7 nitrogen and oxygen atoms in total. The fraction of sp³-hybridized carbons (Fsp3) is 0.812. The van der Waals surface area contributed by atoms with Crippen LogP contribution in [0.5, 0.6) is 0 Å². The second-order valence-electron chi connectivity index (χ2n) is 6.68. The van der Waals surface area contributed by atoms with Crippen molar-refractivity contribution < 1.29 is 19.5 Å². The summed E-state index contributed by atoms with van der Waals surface area (Å²) in [4.78, 5) is 38.8. The first-order valence-corrected chi connectivity index (χ1v) is 8.45. The molecule has 0 radical (unpaired) electrons. The maximum absolute atomic E-state index is 12.5. The summed E-state index contributed by atoms with van der Waals surface area (Å²) in [6.07, 6.45) is 5.84. The number of amides is 3. The Morgan fingerprint density at radius 3 is 2.43 bits per heavy atom. The minimum atomic E-state index is -1.02. The molecule has 2 unspecified atom stereocenters. The molecule has 2 N–H and O–H groups in total. The van der Waals surface area contributed by atoms with Crippen LogP contribution in [-0.2, 0) is 9.59 Å². The number of piperidine rings is 1. The number of hydrogen-bond donors (Lipinski definition) is 2. The predicted octanol–water partition coefficient (Wildman–Crippen LogP) is 1.28. The molecule has 1 saturated heterocycles. The van der Waals surface area contributed by atoms with Gasteiger partial charge in [-0.05, 0) is 32.6 Å². The van der Waals surface area contributed by atoms with E-state index in [1.165, 1.54) is 18.9 Å². The van der Waals surface area contributed by atoms with Crippen LogP contribution in [0.2, 0.25) is 0 Å². The van der Waals surface area contributed by atoms with Gasteiger partial charge >= 0.3 is 12.0 Å². The number of aliphatic carboxylic acids is 1. The zero-order valence-corrected chi connectivity index (χ0v) is 14.0. The topological polar surface area (TPSA) is 90.0 Å². The van der Waals surface area contributed by atoms with Gasteiger partial charge in [-0.25, -0.2) is 9.59 Å². The first-order chi connectivity index (χ1) is 10.9. The molecule has 23 heavy (non-hydrogen) atoms. The lowest BCUT2D eigenvalue weighted by atomic mass is 9.96. The highest BCUT2D eigenvalue weighted by molar-refractivity contribution is 5.85. The predicted molar refractivity (Wildman–Crippen MR) is 85.0 cm³/mol. The summed E-state index contributed by atoms with van der Waals surface area (Å²) in [5.74, 6) is -1.53. The van der Waals surface area contributed by atoms with Crippen molar-refractivity contribution in [1.29, 1.82) is 0 Å². The molecule has 0 aromatic heterocycles. The fourth-order valence-electron chi connectivity index (χ4n) is 3.34. The van der Waals surface area contributed by atoms with E-state index in [4.69, 9.17) is 5.11 Å². The Morgan fingerprint density at radius 2 is 1.83 bits per heavy atom. The lowest BCUT2D eigenvalue weighted by molar-refractivity contribution is -0.150. The van der Waals surface area contributed by atoms with Gasteiger partial charge in [-0.15, -0.1) is 0 Å². The van der Waals surface area contributed by atoms with Gasteiger partial charge in [0.25, 0.3) is 0 Å². The Bertz CT molecular complexity index is 462. The van der Waals surface area contributed by atoms with Crippen molar-refractivity contribution in [2.45, 2.75) is 57.5 Å². The van der Waals surface area contributed by atoms with Gasteiger partial charge in [-0.1, -0.05) is 12.8 Å². The van der Waals surface area contributed by atoms with Gasteiger partial charge in [-0.3, -0.25) is 4.79 Å². The summed E-state index contributed by atoms with van der Waals surface area (Å²) in [5, 5.41) is 12.1. The zero-order chi connectivity index (χ0) is 17.0. The maximum atomic E-state index is 12.5. The number of likely N-dealkylation sites (N-methyl/N-ethyl adjacent to an activating group) is 1. The van der Waals surface area contributed by atoms with Crippen molar-refractivity contribution in [3.05, 3.63) is 0 Å². The van der Waals surface area contributed by atoms with Gasteiger partial charge < -0.3 is 20.2 Å². The van der Waals surface area contributed by atoms with Gasteiger partial charge in [0.2, 0.25) is 5.91 Å². The van der Waals surface area contributed by atoms with Crippen LogP contribution in [0.4, 0.5) is 4.79 Å². The highest BCUT2D eigenvalue weighted by Crippen LogP contribution is 2.21. The van der Waals surface area contributed by atoms with E-state index in [9.17, 15) is 14.4 Å². The van der Waals surface area contributed by atoms with Gasteiger partial charge in [0.15, 0.2) is 0 Å². The van der Waals surface area contributed by atoms with E-state index in [0.29, 0.717) is 19.5 Å². The Balaban J connectivity index is 1.90. The van der Waals surface area contributed by atoms with Crippen molar-refractivity contribution >= 4 is 17.9 Å². The number of carboxylic acid groups (broad SMARTS) is 1. The van der Waals surface area contributed by atoms with E-state index < -0.39 is 12.0 Å². The fourth-order valence-corrected chi connectivity index (χ4v) is 3.34. The van der Waals surface area contributed by atoms with Crippen molar-refractivity contribution in [3.63, 3.8) is 0 Å². The summed E-state index contributed by atoms with van der Waals surface area (Å²) in [6, 6.07) is -0.693. The minimum Gasteiger partial charge on any atom is -0.480 e. The normalized spacial score (nSPS) is 23.4. The average molecular weight is 325 g/mol. The molecule has 1 aliphatic heterocycles. The molecule has 0 aromatic rings. The number of carbonyl (C=O) groups is 3. The quantitative estimate of drug-likeness (QED) is 0.815. The standard InChI is InChI=1S/C16H27N3O4/c1-11(15(21)22)18(2)14(20)12-6-5-9-19(10-12)16(23)17-13-7-3-4-8-13/h11-13H,3-10H2,1-2H3,(H,17,23)(H,21,22). The molecule has 3 amide bonds. The van der Waals surface area contributed by atoms with E-state index in [-0.39, 0.29) is 23.9 Å². The summed E-state index contributed by atoms with van der Waals surface area (Å²) >= 11 is 0.